The molecule has 0 atom stereocenters. The molecule has 0 aliphatic heterocycles. The summed E-state index contributed by atoms with van der Waals surface area (Å²) >= 11 is 1.74. The van der Waals surface area contributed by atoms with E-state index in [1.165, 1.54) is 5.56 Å². The molecule has 0 spiro atoms. The van der Waals surface area contributed by atoms with E-state index in [0.717, 1.165) is 46.7 Å². The van der Waals surface area contributed by atoms with Gasteiger partial charge in [0.1, 0.15) is 6.54 Å². The van der Waals surface area contributed by atoms with Crippen molar-refractivity contribution >= 4 is 33.4 Å². The van der Waals surface area contributed by atoms with E-state index >= 15 is 0 Å². The Morgan fingerprint density at radius 1 is 1.11 bits per heavy atom. The first-order valence-electron chi connectivity index (χ1n) is 8.58. The molecule has 0 fully saturated rings. The molecular weight excluding hydrogens is 406 g/mol. The molecule has 152 valence electrons. The van der Waals surface area contributed by atoms with Crippen LogP contribution in [0.5, 0.6) is 0 Å². The van der Waals surface area contributed by atoms with Crippen LogP contribution in [0.2, 0.25) is 0 Å². The Kier molecular flexibility index (Phi) is 8.25. The van der Waals surface area contributed by atoms with E-state index < -0.39 is 34.1 Å². The van der Waals surface area contributed by atoms with Crippen LogP contribution >= 0.6 is 11.8 Å². The molecule has 0 aliphatic carbocycles. The SMILES string of the molecule is CS(=O)(=O)N(CC(=O)NCCCSCc1ccccc1)c1ccc(F)c(F)c1. The van der Waals surface area contributed by atoms with Crippen molar-refractivity contribution < 1.29 is 22.0 Å². The van der Waals surface area contributed by atoms with Crippen molar-refractivity contribution in [3.05, 3.63) is 65.7 Å². The first kappa shape index (κ1) is 22.2. The Bertz CT molecular complexity index is 893. The summed E-state index contributed by atoms with van der Waals surface area (Å²) in [5, 5.41) is 2.65. The Labute approximate surface area is 168 Å². The number of halogens is 2. The van der Waals surface area contributed by atoms with E-state index in [9.17, 15) is 22.0 Å². The lowest BCUT2D eigenvalue weighted by molar-refractivity contribution is -0.119. The van der Waals surface area contributed by atoms with E-state index in [2.05, 4.69) is 5.32 Å². The minimum absolute atomic E-state index is 0.102. The van der Waals surface area contributed by atoms with Gasteiger partial charge in [-0.1, -0.05) is 30.3 Å². The van der Waals surface area contributed by atoms with E-state index in [1.807, 2.05) is 30.3 Å². The minimum Gasteiger partial charge on any atom is -0.354 e. The zero-order valence-electron chi connectivity index (χ0n) is 15.4. The number of sulfonamides is 1. The van der Waals surface area contributed by atoms with Crippen LogP contribution in [0.3, 0.4) is 0 Å². The number of benzene rings is 2. The van der Waals surface area contributed by atoms with Crippen molar-refractivity contribution in [1.82, 2.24) is 5.32 Å². The van der Waals surface area contributed by atoms with Crippen molar-refractivity contribution in [2.24, 2.45) is 0 Å². The highest BCUT2D eigenvalue weighted by molar-refractivity contribution is 7.98. The van der Waals surface area contributed by atoms with Crippen LogP contribution in [-0.2, 0) is 20.6 Å². The van der Waals surface area contributed by atoms with E-state index in [0.29, 0.717) is 6.54 Å². The number of nitrogens with one attached hydrogen (secondary N) is 1. The standard InChI is InChI=1S/C19H22F2N2O3S2/c1-28(25,26)23(16-8-9-17(20)18(21)12-16)13-19(24)22-10-5-11-27-14-15-6-3-2-4-7-15/h2-4,6-9,12H,5,10-11,13-14H2,1H3,(H,22,24). The van der Waals surface area contributed by atoms with Gasteiger partial charge in [0.2, 0.25) is 15.9 Å². The number of amides is 1. The Morgan fingerprint density at radius 2 is 1.82 bits per heavy atom. The van der Waals surface area contributed by atoms with Gasteiger partial charge in [-0.15, -0.1) is 0 Å². The molecule has 28 heavy (non-hydrogen) atoms. The summed E-state index contributed by atoms with van der Waals surface area (Å²) in [6.45, 7) is -0.100. The molecule has 1 amide bonds. The van der Waals surface area contributed by atoms with Crippen LogP contribution in [0.4, 0.5) is 14.5 Å². The van der Waals surface area contributed by atoms with Crippen molar-refractivity contribution in [2.45, 2.75) is 12.2 Å². The second kappa shape index (κ2) is 10.4. The Balaban J connectivity index is 1.79. The summed E-state index contributed by atoms with van der Waals surface area (Å²) in [5.41, 5.74) is 1.13. The van der Waals surface area contributed by atoms with Crippen LogP contribution in [0.25, 0.3) is 0 Å². The topological polar surface area (TPSA) is 66.5 Å². The predicted octanol–water partition coefficient (Wildman–Crippen LogP) is 3.17. The smallest absolute Gasteiger partial charge is 0.240 e. The van der Waals surface area contributed by atoms with Crippen molar-refractivity contribution in [3.63, 3.8) is 0 Å². The molecule has 2 aromatic rings. The lowest BCUT2D eigenvalue weighted by Gasteiger charge is -2.22. The molecule has 0 unspecified atom stereocenters. The van der Waals surface area contributed by atoms with Gasteiger partial charge in [0.15, 0.2) is 11.6 Å². The number of rotatable bonds is 10. The monoisotopic (exact) mass is 428 g/mol. The number of carbonyl (C=O) groups excluding carboxylic acids is 1. The van der Waals surface area contributed by atoms with Gasteiger partial charge in [-0.25, -0.2) is 17.2 Å². The van der Waals surface area contributed by atoms with Crippen molar-refractivity contribution in [3.8, 4) is 0 Å². The second-order valence-corrected chi connectivity index (χ2v) is 9.12. The van der Waals surface area contributed by atoms with Crippen LogP contribution < -0.4 is 9.62 Å². The first-order valence-corrected chi connectivity index (χ1v) is 11.6. The highest BCUT2D eigenvalue weighted by Crippen LogP contribution is 2.20. The molecule has 2 rings (SSSR count). The maximum Gasteiger partial charge on any atom is 0.240 e. The van der Waals surface area contributed by atoms with Gasteiger partial charge in [0.05, 0.1) is 11.9 Å². The average molecular weight is 429 g/mol. The maximum atomic E-state index is 13.4. The maximum absolute atomic E-state index is 13.4. The zero-order valence-corrected chi connectivity index (χ0v) is 17.0. The van der Waals surface area contributed by atoms with E-state index in [4.69, 9.17) is 0 Å². The first-order chi connectivity index (χ1) is 13.3. The number of hydrogen-bond acceptors (Lipinski definition) is 4. The quantitative estimate of drug-likeness (QED) is 0.591. The molecular formula is C19H22F2N2O3S2. The number of thioether (sulfide) groups is 1. The van der Waals surface area contributed by atoms with Gasteiger partial charge >= 0.3 is 0 Å². The molecule has 2 aromatic carbocycles. The summed E-state index contributed by atoms with van der Waals surface area (Å²) in [7, 11) is -3.83. The number of nitrogens with zero attached hydrogens (tertiary/aromatic N) is 1. The molecule has 0 heterocycles. The molecule has 0 radical (unpaired) electrons. The molecule has 0 saturated carbocycles. The molecule has 5 nitrogen and oxygen atoms in total. The Morgan fingerprint density at radius 3 is 2.46 bits per heavy atom. The van der Waals surface area contributed by atoms with Gasteiger partial charge in [0, 0.05) is 18.4 Å². The lowest BCUT2D eigenvalue weighted by Crippen LogP contribution is -2.40. The number of carbonyl (C=O) groups is 1. The third-order valence-corrected chi connectivity index (χ3v) is 6.03. The summed E-state index contributed by atoms with van der Waals surface area (Å²) < 4.78 is 51.1. The third kappa shape index (κ3) is 7.12. The normalized spacial score (nSPS) is 11.2. The van der Waals surface area contributed by atoms with Crippen molar-refractivity contribution in [1.29, 1.82) is 0 Å². The average Bonchev–Trinajstić information content (AvgIpc) is 2.65. The molecule has 0 bridgehead atoms. The predicted molar refractivity (Wildman–Crippen MR) is 109 cm³/mol. The highest BCUT2D eigenvalue weighted by atomic mass is 32.2. The van der Waals surface area contributed by atoms with Crippen LogP contribution in [0, 0.1) is 11.6 Å². The van der Waals surface area contributed by atoms with Crippen LogP contribution in [-0.4, -0.2) is 39.4 Å². The molecule has 1 N–H and O–H groups in total. The largest absolute Gasteiger partial charge is 0.354 e. The molecule has 9 heteroatoms. The zero-order chi connectivity index (χ0) is 20.6. The lowest BCUT2D eigenvalue weighted by atomic mass is 10.2. The van der Waals surface area contributed by atoms with Gasteiger partial charge in [-0.3, -0.25) is 9.10 Å². The summed E-state index contributed by atoms with van der Waals surface area (Å²) in [5.74, 6) is -1.05. The van der Waals surface area contributed by atoms with Gasteiger partial charge in [0.25, 0.3) is 0 Å². The number of hydrogen-bond donors (Lipinski definition) is 1. The van der Waals surface area contributed by atoms with Gasteiger partial charge in [-0.2, -0.15) is 11.8 Å². The fraction of sp³-hybridized carbons (Fsp3) is 0.316. The Hall–Kier alpha value is -2.13. The molecule has 0 saturated heterocycles. The number of anilines is 1. The molecule has 0 aromatic heterocycles. The fourth-order valence-electron chi connectivity index (χ4n) is 2.39. The molecule has 0 aliphatic rings. The van der Waals surface area contributed by atoms with E-state index in [1.54, 1.807) is 11.8 Å². The van der Waals surface area contributed by atoms with Gasteiger partial charge < -0.3 is 5.32 Å². The summed E-state index contributed by atoms with van der Waals surface area (Å²) in [4.78, 5) is 12.1. The van der Waals surface area contributed by atoms with Crippen LogP contribution in [0.1, 0.15) is 12.0 Å². The fourth-order valence-corrected chi connectivity index (χ4v) is 4.16. The van der Waals surface area contributed by atoms with Crippen molar-refractivity contribution in [2.75, 3.05) is 29.4 Å². The summed E-state index contributed by atoms with van der Waals surface area (Å²) in [6.07, 6.45) is 1.63. The second-order valence-electron chi connectivity index (χ2n) is 6.11. The highest BCUT2D eigenvalue weighted by Gasteiger charge is 2.21. The summed E-state index contributed by atoms with van der Waals surface area (Å²) in [6, 6.07) is 12.7. The minimum atomic E-state index is -3.83. The third-order valence-electron chi connectivity index (χ3n) is 3.78. The van der Waals surface area contributed by atoms with Gasteiger partial charge in [-0.05, 0) is 29.9 Å². The van der Waals surface area contributed by atoms with E-state index in [-0.39, 0.29) is 5.69 Å². The van der Waals surface area contributed by atoms with Crippen LogP contribution in [0.15, 0.2) is 48.5 Å².